The molecule has 0 saturated heterocycles. The van der Waals surface area contributed by atoms with Crippen molar-refractivity contribution in [1.29, 1.82) is 0 Å². The maximum atomic E-state index is 12.3. The summed E-state index contributed by atoms with van der Waals surface area (Å²) in [6.07, 6.45) is 0. The molecule has 0 aliphatic rings. The molecule has 0 amide bonds. The van der Waals surface area contributed by atoms with E-state index >= 15 is 0 Å². The average molecular weight is 294 g/mol. The number of hydrogen-bond acceptors (Lipinski definition) is 4. The van der Waals surface area contributed by atoms with Crippen LogP contribution >= 0.6 is 0 Å². The van der Waals surface area contributed by atoms with E-state index in [1.807, 2.05) is 0 Å². The summed E-state index contributed by atoms with van der Waals surface area (Å²) in [4.78, 5) is 0. The van der Waals surface area contributed by atoms with Crippen molar-refractivity contribution in [2.24, 2.45) is 0 Å². The van der Waals surface area contributed by atoms with E-state index in [2.05, 4.69) is 0 Å². The number of phenolic OH excluding ortho intramolecular Hbond substituents is 1. The van der Waals surface area contributed by atoms with E-state index < -0.39 is 0 Å². The number of rotatable bonds is 1. The Hall–Kier alpha value is -2.84. The van der Waals surface area contributed by atoms with Crippen LogP contribution in [0.2, 0.25) is 0 Å². The Morgan fingerprint density at radius 3 is 2.05 bits per heavy atom. The Bertz CT molecular complexity index is 806. The van der Waals surface area contributed by atoms with Gasteiger partial charge >= 0.3 is 11.0 Å². The van der Waals surface area contributed by atoms with Gasteiger partial charge in [-0.25, -0.2) is 0 Å². The third-order valence-corrected chi connectivity index (χ3v) is 3.03. The number of hydrogen-bond donors (Lipinski definition) is 1. The van der Waals surface area contributed by atoms with E-state index in [1.165, 1.54) is 31.4 Å². The predicted molar refractivity (Wildman–Crippen MR) is 74.8 cm³/mol. The minimum absolute atomic E-state index is 0. The summed E-state index contributed by atoms with van der Waals surface area (Å²) in [6.45, 7) is 0. The molecule has 0 fully saturated rings. The quantitative estimate of drug-likeness (QED) is 0.360. The predicted octanol–water partition coefficient (Wildman–Crippen LogP) is -0.675. The zero-order valence-corrected chi connectivity index (χ0v) is 11.0. The van der Waals surface area contributed by atoms with Crippen molar-refractivity contribution in [2.45, 2.75) is 0 Å². The molecule has 112 valence electrons. The largest absolute Gasteiger partial charge is 0.617 e. The summed E-state index contributed by atoms with van der Waals surface area (Å²) in [5.74, 6) is 0.0733. The van der Waals surface area contributed by atoms with Crippen LogP contribution < -0.4 is 14.2 Å². The third-order valence-electron chi connectivity index (χ3n) is 3.03. The van der Waals surface area contributed by atoms with E-state index in [0.29, 0.717) is 15.2 Å². The van der Waals surface area contributed by atoms with Crippen molar-refractivity contribution in [3.05, 3.63) is 46.8 Å². The second-order valence-corrected chi connectivity index (χ2v) is 4.06. The lowest BCUT2D eigenvalue weighted by Crippen LogP contribution is -2.39. The Labute approximate surface area is 118 Å². The van der Waals surface area contributed by atoms with Gasteiger partial charge in [0.25, 0.3) is 11.0 Å². The Balaban J connectivity index is 0.00000110. The average Bonchev–Trinajstić information content (AvgIpc) is 2.43. The summed E-state index contributed by atoms with van der Waals surface area (Å²) in [7, 11) is 1.43. The number of ether oxygens (including phenoxy) is 1. The van der Waals surface area contributed by atoms with Crippen molar-refractivity contribution in [3.63, 3.8) is 0 Å². The summed E-state index contributed by atoms with van der Waals surface area (Å²) >= 11 is 0. The minimum Gasteiger partial charge on any atom is -0.617 e. The van der Waals surface area contributed by atoms with Crippen LogP contribution in [0.4, 0.5) is 0 Å². The van der Waals surface area contributed by atoms with Gasteiger partial charge in [-0.3, -0.25) is 0 Å². The molecule has 1 heterocycles. The molecular formula is C13H14N2O6. The van der Waals surface area contributed by atoms with Crippen LogP contribution in [0.5, 0.6) is 11.5 Å². The van der Waals surface area contributed by atoms with E-state index in [9.17, 15) is 15.5 Å². The Kier molecular flexibility index (Phi) is 4.36. The van der Waals surface area contributed by atoms with Crippen LogP contribution in [0.15, 0.2) is 36.4 Å². The molecule has 8 heteroatoms. The van der Waals surface area contributed by atoms with Crippen LogP contribution in [0.3, 0.4) is 0 Å². The number of aromatic hydroxyl groups is 1. The maximum absolute atomic E-state index is 12.3. The van der Waals surface area contributed by atoms with Gasteiger partial charge in [0.15, 0.2) is 11.5 Å². The molecule has 3 aromatic rings. The molecule has 8 nitrogen and oxygen atoms in total. The molecule has 5 N–H and O–H groups in total. The number of benzene rings is 2. The molecule has 21 heavy (non-hydrogen) atoms. The first-order valence-corrected chi connectivity index (χ1v) is 5.58. The van der Waals surface area contributed by atoms with Gasteiger partial charge < -0.3 is 31.2 Å². The lowest BCUT2D eigenvalue weighted by molar-refractivity contribution is -0.591. The third kappa shape index (κ3) is 2.12. The van der Waals surface area contributed by atoms with Gasteiger partial charge in [0.1, 0.15) is 0 Å². The van der Waals surface area contributed by atoms with Crippen LogP contribution in [-0.2, 0) is 0 Å². The van der Waals surface area contributed by atoms with Gasteiger partial charge in [0.2, 0.25) is 0 Å². The normalized spacial score (nSPS) is 9.95. The Morgan fingerprint density at radius 2 is 1.43 bits per heavy atom. The monoisotopic (exact) mass is 294 g/mol. The van der Waals surface area contributed by atoms with E-state index in [1.54, 1.807) is 12.1 Å². The van der Waals surface area contributed by atoms with E-state index in [-0.39, 0.29) is 38.8 Å². The Morgan fingerprint density at radius 1 is 0.905 bits per heavy atom. The first-order chi connectivity index (χ1) is 9.15. The SMILES string of the molecule is COc1cccc2c1[n+]([O-])c1cccc(O)c1[n+]2[O-].O.O. The molecule has 0 spiro atoms. The van der Waals surface area contributed by atoms with E-state index in [0.717, 1.165) is 0 Å². The number of para-hydroxylation sites is 2. The summed E-state index contributed by atoms with van der Waals surface area (Å²) in [6, 6.07) is 9.07. The zero-order valence-electron chi connectivity index (χ0n) is 11.0. The zero-order chi connectivity index (χ0) is 13.6. The molecule has 0 radical (unpaired) electrons. The highest BCUT2D eigenvalue weighted by molar-refractivity contribution is 5.83. The minimum atomic E-state index is -0.234. The smallest absolute Gasteiger partial charge is 0.332 e. The molecule has 0 aliphatic carbocycles. The number of aromatic nitrogens is 2. The fourth-order valence-electron chi connectivity index (χ4n) is 2.18. The molecule has 3 rings (SSSR count). The van der Waals surface area contributed by atoms with E-state index in [4.69, 9.17) is 4.74 Å². The van der Waals surface area contributed by atoms with Crippen LogP contribution in [0.1, 0.15) is 0 Å². The summed E-state index contributed by atoms with van der Waals surface area (Å²) in [5, 5.41) is 34.4. The lowest BCUT2D eigenvalue weighted by Gasteiger charge is -2.09. The van der Waals surface area contributed by atoms with Crippen molar-refractivity contribution in [2.75, 3.05) is 7.11 Å². The highest BCUT2D eigenvalue weighted by Gasteiger charge is 2.26. The first kappa shape index (κ1) is 16.2. The molecule has 0 bridgehead atoms. The lowest BCUT2D eigenvalue weighted by atomic mass is 10.2. The molecule has 0 saturated carbocycles. The van der Waals surface area contributed by atoms with Gasteiger partial charge in [-0.05, 0) is 12.1 Å². The fourth-order valence-corrected chi connectivity index (χ4v) is 2.18. The maximum Gasteiger partial charge on any atom is 0.332 e. The van der Waals surface area contributed by atoms with Crippen molar-refractivity contribution < 1.29 is 30.3 Å². The fraction of sp³-hybridized carbons (Fsp3) is 0.0769. The van der Waals surface area contributed by atoms with Gasteiger partial charge in [-0.2, -0.15) is 9.46 Å². The van der Waals surface area contributed by atoms with Gasteiger partial charge in [0.05, 0.1) is 7.11 Å². The number of fused-ring (bicyclic) bond motifs is 2. The molecule has 0 unspecified atom stereocenters. The van der Waals surface area contributed by atoms with Crippen molar-refractivity contribution >= 4 is 22.1 Å². The topological polar surface area (TPSA) is 146 Å². The highest BCUT2D eigenvalue weighted by atomic mass is 16.5. The standard InChI is InChI=1S/C13H10N2O4.2H2O/c1-19-11-7-3-5-9-13(11)15(18)8-4-2-6-10(16)12(8)14(9)17;;/h2-7,16H,1H3;2*1H2. The van der Waals surface area contributed by atoms with Crippen molar-refractivity contribution in [3.8, 4) is 11.5 Å². The second-order valence-electron chi connectivity index (χ2n) is 4.06. The van der Waals surface area contributed by atoms with Gasteiger partial charge in [-0.15, -0.1) is 0 Å². The number of phenols is 1. The molecule has 1 aromatic heterocycles. The second kappa shape index (κ2) is 5.65. The molecule has 2 aromatic carbocycles. The molecule has 0 aliphatic heterocycles. The number of nitrogens with zero attached hydrogens (tertiary/aromatic N) is 2. The summed E-state index contributed by atoms with van der Waals surface area (Å²) in [5.41, 5.74) is 0.312. The summed E-state index contributed by atoms with van der Waals surface area (Å²) < 4.78 is 6.24. The highest BCUT2D eigenvalue weighted by Crippen LogP contribution is 2.25. The molecule has 0 atom stereocenters. The number of methoxy groups -OCH3 is 1. The van der Waals surface area contributed by atoms with Crippen LogP contribution in [0.25, 0.3) is 22.1 Å². The van der Waals surface area contributed by atoms with Crippen molar-refractivity contribution in [1.82, 2.24) is 0 Å². The van der Waals surface area contributed by atoms with Crippen LogP contribution in [-0.4, -0.2) is 23.2 Å². The first-order valence-electron chi connectivity index (χ1n) is 5.58. The molecular weight excluding hydrogens is 280 g/mol. The van der Waals surface area contributed by atoms with Gasteiger partial charge in [0, 0.05) is 12.1 Å². The van der Waals surface area contributed by atoms with Crippen LogP contribution in [0, 0.1) is 10.4 Å². The van der Waals surface area contributed by atoms with Gasteiger partial charge in [-0.1, -0.05) is 12.1 Å².